The molecule has 0 radical (unpaired) electrons. The molecule has 0 atom stereocenters. The van der Waals surface area contributed by atoms with Gasteiger partial charge in [-0.25, -0.2) is 9.37 Å². The van der Waals surface area contributed by atoms with Gasteiger partial charge in [0.1, 0.15) is 24.0 Å². The lowest BCUT2D eigenvalue weighted by Gasteiger charge is -2.13. The third-order valence-corrected chi connectivity index (χ3v) is 4.88. The Hall–Kier alpha value is -3.14. The standard InChI is InChI=1S/C23H21FN2O/c1-16-6-5-9-22(17(16)2)27-15-14-26-21-8-4-3-7-20(21)25-23(26)18-10-12-19(24)13-11-18/h3-13H,14-15H2,1-2H3. The molecule has 0 bridgehead atoms. The predicted molar refractivity (Wildman–Crippen MR) is 107 cm³/mol. The minimum absolute atomic E-state index is 0.250. The largest absolute Gasteiger partial charge is 0.491 e. The Labute approximate surface area is 158 Å². The molecule has 0 fully saturated rings. The Bertz CT molecular complexity index is 1080. The molecule has 0 saturated carbocycles. The minimum Gasteiger partial charge on any atom is -0.491 e. The first-order valence-corrected chi connectivity index (χ1v) is 9.04. The second-order valence-electron chi connectivity index (χ2n) is 6.63. The Morgan fingerprint density at radius 1 is 0.926 bits per heavy atom. The van der Waals surface area contributed by atoms with Crippen LogP contribution in [-0.4, -0.2) is 16.2 Å². The molecule has 0 amide bonds. The van der Waals surface area contributed by atoms with Gasteiger partial charge in [-0.1, -0.05) is 24.3 Å². The van der Waals surface area contributed by atoms with Crippen molar-refractivity contribution in [1.29, 1.82) is 0 Å². The number of ether oxygens (including phenoxy) is 1. The summed E-state index contributed by atoms with van der Waals surface area (Å²) in [6.45, 7) is 5.33. The molecule has 0 spiro atoms. The van der Waals surface area contributed by atoms with E-state index in [0.717, 1.165) is 33.7 Å². The highest BCUT2D eigenvalue weighted by Crippen LogP contribution is 2.26. The van der Waals surface area contributed by atoms with E-state index in [0.29, 0.717) is 13.2 Å². The van der Waals surface area contributed by atoms with Crippen LogP contribution in [0.5, 0.6) is 5.75 Å². The first kappa shape index (κ1) is 17.3. The number of fused-ring (bicyclic) bond motifs is 1. The molecule has 0 N–H and O–H groups in total. The summed E-state index contributed by atoms with van der Waals surface area (Å²) in [6.07, 6.45) is 0. The van der Waals surface area contributed by atoms with Crippen LogP contribution < -0.4 is 4.74 Å². The summed E-state index contributed by atoms with van der Waals surface area (Å²) >= 11 is 0. The molecule has 136 valence electrons. The fourth-order valence-corrected chi connectivity index (χ4v) is 3.25. The molecule has 4 heteroatoms. The number of aryl methyl sites for hydroxylation is 1. The quantitative estimate of drug-likeness (QED) is 0.467. The van der Waals surface area contributed by atoms with Gasteiger partial charge < -0.3 is 9.30 Å². The van der Waals surface area contributed by atoms with Crippen molar-refractivity contribution in [2.75, 3.05) is 6.61 Å². The lowest BCUT2D eigenvalue weighted by Crippen LogP contribution is -2.10. The normalized spacial score (nSPS) is 11.1. The van der Waals surface area contributed by atoms with Crippen LogP contribution in [0.4, 0.5) is 4.39 Å². The number of hydrogen-bond acceptors (Lipinski definition) is 2. The van der Waals surface area contributed by atoms with E-state index in [1.54, 1.807) is 12.1 Å². The fraction of sp³-hybridized carbons (Fsp3) is 0.174. The van der Waals surface area contributed by atoms with Crippen LogP contribution in [0.1, 0.15) is 11.1 Å². The zero-order valence-corrected chi connectivity index (χ0v) is 15.4. The van der Waals surface area contributed by atoms with Gasteiger partial charge in [0.15, 0.2) is 0 Å². The third kappa shape index (κ3) is 3.43. The van der Waals surface area contributed by atoms with Gasteiger partial charge in [-0.2, -0.15) is 0 Å². The SMILES string of the molecule is Cc1cccc(OCCn2c(-c3ccc(F)cc3)nc3ccccc32)c1C. The topological polar surface area (TPSA) is 27.1 Å². The summed E-state index contributed by atoms with van der Waals surface area (Å²) < 4.78 is 21.5. The lowest BCUT2D eigenvalue weighted by molar-refractivity contribution is 0.298. The molecule has 0 unspecified atom stereocenters. The molecule has 1 aromatic heterocycles. The molecule has 0 saturated heterocycles. The molecule has 0 aliphatic carbocycles. The van der Waals surface area contributed by atoms with E-state index >= 15 is 0 Å². The van der Waals surface area contributed by atoms with Gasteiger partial charge in [-0.05, 0) is 67.4 Å². The van der Waals surface area contributed by atoms with Gasteiger partial charge in [0.25, 0.3) is 0 Å². The van der Waals surface area contributed by atoms with Gasteiger partial charge in [-0.15, -0.1) is 0 Å². The summed E-state index contributed by atoms with van der Waals surface area (Å²) in [5, 5.41) is 0. The fourth-order valence-electron chi connectivity index (χ4n) is 3.25. The molecular weight excluding hydrogens is 339 g/mol. The predicted octanol–water partition coefficient (Wildman–Crippen LogP) is 5.54. The number of rotatable bonds is 5. The summed E-state index contributed by atoms with van der Waals surface area (Å²) in [5.74, 6) is 1.48. The van der Waals surface area contributed by atoms with E-state index in [2.05, 4.69) is 24.5 Å². The van der Waals surface area contributed by atoms with Gasteiger partial charge in [-0.3, -0.25) is 0 Å². The van der Waals surface area contributed by atoms with E-state index in [1.165, 1.54) is 17.7 Å². The van der Waals surface area contributed by atoms with E-state index in [4.69, 9.17) is 9.72 Å². The Morgan fingerprint density at radius 2 is 1.70 bits per heavy atom. The Balaban J connectivity index is 1.65. The van der Waals surface area contributed by atoms with Crippen molar-refractivity contribution in [1.82, 2.24) is 9.55 Å². The van der Waals surface area contributed by atoms with Crippen LogP contribution in [0.2, 0.25) is 0 Å². The number of hydrogen-bond donors (Lipinski definition) is 0. The average Bonchev–Trinajstić information content (AvgIpc) is 3.04. The van der Waals surface area contributed by atoms with E-state index in [9.17, 15) is 4.39 Å². The number of para-hydroxylation sites is 2. The van der Waals surface area contributed by atoms with E-state index in [1.807, 2.05) is 36.4 Å². The van der Waals surface area contributed by atoms with E-state index < -0.39 is 0 Å². The molecule has 3 aromatic carbocycles. The minimum atomic E-state index is -0.250. The van der Waals surface area contributed by atoms with E-state index in [-0.39, 0.29) is 5.82 Å². The number of aromatic nitrogens is 2. The summed E-state index contributed by atoms with van der Waals surface area (Å²) in [4.78, 5) is 4.75. The number of imidazole rings is 1. The van der Waals surface area contributed by atoms with Crippen molar-refractivity contribution in [3.05, 3.63) is 83.7 Å². The van der Waals surface area contributed by atoms with Crippen LogP contribution in [-0.2, 0) is 6.54 Å². The molecule has 27 heavy (non-hydrogen) atoms. The first-order valence-electron chi connectivity index (χ1n) is 9.04. The van der Waals surface area contributed by atoms with Crippen molar-refractivity contribution in [3.63, 3.8) is 0 Å². The first-order chi connectivity index (χ1) is 13.1. The lowest BCUT2D eigenvalue weighted by atomic mass is 10.1. The van der Waals surface area contributed by atoms with Gasteiger partial charge in [0.2, 0.25) is 0 Å². The van der Waals surface area contributed by atoms with Crippen LogP contribution in [0.15, 0.2) is 66.7 Å². The molecule has 4 aromatic rings. The Kier molecular flexibility index (Phi) is 4.63. The maximum absolute atomic E-state index is 13.3. The molecule has 1 heterocycles. The second kappa shape index (κ2) is 7.23. The third-order valence-electron chi connectivity index (χ3n) is 4.88. The maximum atomic E-state index is 13.3. The van der Waals surface area contributed by atoms with Crippen LogP contribution in [0.25, 0.3) is 22.4 Å². The summed E-state index contributed by atoms with van der Waals surface area (Å²) in [6, 6.07) is 20.6. The van der Waals surface area contributed by atoms with Gasteiger partial charge in [0, 0.05) is 5.56 Å². The molecule has 4 rings (SSSR count). The van der Waals surface area contributed by atoms with Crippen molar-refractivity contribution in [2.45, 2.75) is 20.4 Å². The van der Waals surface area contributed by atoms with Crippen molar-refractivity contribution < 1.29 is 9.13 Å². The monoisotopic (exact) mass is 360 g/mol. The number of benzene rings is 3. The zero-order chi connectivity index (χ0) is 18.8. The maximum Gasteiger partial charge on any atom is 0.141 e. The number of halogens is 1. The molecule has 0 aliphatic rings. The zero-order valence-electron chi connectivity index (χ0n) is 15.4. The highest BCUT2D eigenvalue weighted by molar-refractivity contribution is 5.80. The smallest absolute Gasteiger partial charge is 0.141 e. The van der Waals surface area contributed by atoms with Crippen LogP contribution in [0, 0.1) is 19.7 Å². The molecule has 0 aliphatic heterocycles. The molecule has 3 nitrogen and oxygen atoms in total. The van der Waals surface area contributed by atoms with Crippen LogP contribution in [0.3, 0.4) is 0 Å². The average molecular weight is 360 g/mol. The summed E-state index contributed by atoms with van der Waals surface area (Å²) in [5.41, 5.74) is 5.23. The van der Waals surface area contributed by atoms with Gasteiger partial charge in [0.05, 0.1) is 17.6 Å². The van der Waals surface area contributed by atoms with Crippen LogP contribution >= 0.6 is 0 Å². The van der Waals surface area contributed by atoms with Crippen molar-refractivity contribution in [2.24, 2.45) is 0 Å². The highest BCUT2D eigenvalue weighted by Gasteiger charge is 2.13. The Morgan fingerprint density at radius 3 is 2.52 bits per heavy atom. The van der Waals surface area contributed by atoms with Crippen molar-refractivity contribution >= 4 is 11.0 Å². The highest BCUT2D eigenvalue weighted by atomic mass is 19.1. The number of nitrogens with zero attached hydrogens (tertiary/aromatic N) is 2. The second-order valence-corrected chi connectivity index (χ2v) is 6.63. The van der Waals surface area contributed by atoms with Gasteiger partial charge >= 0.3 is 0 Å². The summed E-state index contributed by atoms with van der Waals surface area (Å²) in [7, 11) is 0. The van der Waals surface area contributed by atoms with Crippen molar-refractivity contribution in [3.8, 4) is 17.1 Å². The molecular formula is C23H21FN2O.